The predicted molar refractivity (Wildman–Crippen MR) is 549 cm³/mol. The zero-order valence-electron chi connectivity index (χ0n) is 72.0. The highest BCUT2D eigenvalue weighted by Gasteiger charge is 2.44. The van der Waals surface area contributed by atoms with Crippen LogP contribution < -0.4 is 4.90 Å². The first-order chi connectivity index (χ1) is 66.5. The standard InChI is InChI=1S/C120H74N14/c1-6-33-73(34-7-1)115-121-116(74-35-8-2-9-36-74)123-118(122-115)132-102-59-27-20-51-87(102)96-68-65-92-85-49-18-25-57-100(85)130(109(92)113(96)132)80-45-31-46-81(72-80)131-101-58-26-19-50-86(101)93-69-70-97-106-82(54-32-62-105(106)129(114(97)110(93)131)79-43-14-5-15-44-79)75-37-30-38-76(71-75)117-124-119(133-103-60-28-21-52-88(103)94-66-63-90-83-47-16-23-55-98(83)127(107(90)111(94)133)77-39-10-3-11-40-77)126-120(125-117)134-104-61-29-22-53-89(104)95-67-64-91-84-48-17-24-56-99(84)128(108(91)112(95)134)78-41-12-4-13-42-78/h1-72,105-106H. The second-order valence-electron chi connectivity index (χ2n) is 35.2. The molecular weight excluding hydrogens is 1640 g/mol. The van der Waals surface area contributed by atoms with Crippen LogP contribution in [0.4, 0.5) is 11.4 Å². The van der Waals surface area contributed by atoms with Gasteiger partial charge in [-0.15, -0.1) is 0 Å². The van der Waals surface area contributed by atoms with Crippen LogP contribution in [-0.2, 0) is 0 Å². The van der Waals surface area contributed by atoms with Crippen LogP contribution in [0.1, 0.15) is 17.0 Å². The lowest BCUT2D eigenvalue weighted by atomic mass is 9.80. The Hall–Kier alpha value is -18.1. The number of hydrogen-bond donors (Lipinski definition) is 0. The molecule has 0 radical (unpaired) electrons. The summed E-state index contributed by atoms with van der Waals surface area (Å²) in [6, 6.07) is 151. The number of fused-ring (bicyclic) bond motifs is 28. The van der Waals surface area contributed by atoms with Gasteiger partial charge in [0.1, 0.15) is 0 Å². The Kier molecular flexibility index (Phi) is 15.8. The molecule has 14 nitrogen and oxygen atoms in total. The van der Waals surface area contributed by atoms with Crippen LogP contribution in [0, 0.1) is 0 Å². The Morgan fingerprint density at radius 1 is 0.194 bits per heavy atom. The molecule has 27 aromatic rings. The number of anilines is 2. The number of rotatable bonds is 12. The van der Waals surface area contributed by atoms with E-state index in [0.717, 1.165) is 209 Å². The van der Waals surface area contributed by atoms with Crippen LogP contribution in [0.25, 0.3) is 233 Å². The summed E-state index contributed by atoms with van der Waals surface area (Å²) in [7, 11) is 0. The minimum atomic E-state index is -0.159. The molecule has 18 aromatic carbocycles. The second kappa shape index (κ2) is 28.7. The molecule has 134 heavy (non-hydrogen) atoms. The number of para-hydroxylation sites is 10. The SMILES string of the molecule is C1=CC2C(C(c3cccc(-c4nc(-n5c6ccccc6c6ccc7c8ccccc8n(-c8ccccc8)c7c65)nc(-n5c6ccccc6c6ccc7c8ccccc8n(-c8ccccc8)c7c65)n4)c3)=C1)c1ccc3c4ccccc4n(-c4cccc(-n5c6ccccc6c6ccc7c8ccccc8n(-c8nc(-c9ccccc9)nc(-c9ccccc9)n8)c7c65)c4)c3c1N2c1ccccc1. The molecule has 1 aliphatic carbocycles. The van der Waals surface area contributed by atoms with Crippen molar-refractivity contribution in [3.63, 3.8) is 0 Å². The molecule has 624 valence electrons. The molecule has 2 atom stereocenters. The first-order valence-electron chi connectivity index (χ1n) is 45.7. The summed E-state index contributed by atoms with van der Waals surface area (Å²) >= 11 is 0. The Bertz CT molecular complexity index is 9420. The number of allylic oxidation sites excluding steroid dienone is 2. The van der Waals surface area contributed by atoms with Crippen LogP contribution >= 0.6 is 0 Å². The first kappa shape index (κ1) is 73.9. The molecule has 0 amide bonds. The second-order valence-corrected chi connectivity index (χ2v) is 35.2. The number of aromatic nitrogens is 13. The lowest BCUT2D eigenvalue weighted by molar-refractivity contribution is 0.759. The van der Waals surface area contributed by atoms with E-state index in [1.807, 2.05) is 36.4 Å². The van der Waals surface area contributed by atoms with Crippen molar-refractivity contribution in [3.8, 4) is 74.8 Å². The highest BCUT2D eigenvalue weighted by molar-refractivity contribution is 6.27. The molecule has 0 N–H and O–H groups in total. The maximum absolute atomic E-state index is 6.00. The molecule has 0 saturated heterocycles. The number of hydrogen-bond acceptors (Lipinski definition) is 7. The van der Waals surface area contributed by atoms with Crippen LogP contribution in [-0.4, -0.2) is 67.9 Å². The van der Waals surface area contributed by atoms with Gasteiger partial charge in [0.2, 0.25) is 17.8 Å². The predicted octanol–water partition coefficient (Wildman–Crippen LogP) is 29.0. The van der Waals surface area contributed by atoms with Crippen LogP contribution in [0.2, 0.25) is 0 Å². The van der Waals surface area contributed by atoms with E-state index in [0.29, 0.717) is 35.3 Å². The molecule has 2 aliphatic rings. The van der Waals surface area contributed by atoms with Crippen LogP contribution in [0.3, 0.4) is 0 Å². The third-order valence-electron chi connectivity index (χ3n) is 28.1. The Morgan fingerprint density at radius 3 is 0.881 bits per heavy atom. The molecule has 0 spiro atoms. The molecule has 9 aromatic heterocycles. The van der Waals surface area contributed by atoms with Crippen molar-refractivity contribution in [2.24, 2.45) is 0 Å². The van der Waals surface area contributed by atoms with E-state index >= 15 is 0 Å². The van der Waals surface area contributed by atoms with Gasteiger partial charge < -0.3 is 23.2 Å². The molecular formula is C120H74N14. The molecule has 1 aliphatic heterocycles. The fraction of sp³-hybridized carbons (Fsp3) is 0.0167. The van der Waals surface area contributed by atoms with Gasteiger partial charge in [0, 0.05) is 126 Å². The van der Waals surface area contributed by atoms with Crippen molar-refractivity contribution in [2.45, 2.75) is 12.0 Å². The van der Waals surface area contributed by atoms with Gasteiger partial charge in [-0.1, -0.05) is 334 Å². The Balaban J connectivity index is 0.644. The summed E-state index contributed by atoms with van der Waals surface area (Å²) in [5.41, 5.74) is 27.0. The van der Waals surface area contributed by atoms with Gasteiger partial charge in [0.25, 0.3) is 0 Å². The fourth-order valence-corrected chi connectivity index (χ4v) is 22.7. The molecule has 14 heteroatoms. The van der Waals surface area contributed by atoms with Gasteiger partial charge in [0.05, 0.1) is 89.0 Å². The van der Waals surface area contributed by atoms with Crippen LogP contribution in [0.5, 0.6) is 0 Å². The topological polar surface area (TPSA) is 115 Å². The number of benzene rings is 18. The van der Waals surface area contributed by atoms with Gasteiger partial charge >= 0.3 is 0 Å². The monoisotopic (exact) mass is 1710 g/mol. The maximum Gasteiger partial charge on any atom is 0.240 e. The van der Waals surface area contributed by atoms with Crippen molar-refractivity contribution < 1.29 is 0 Å². The minimum Gasteiger partial charge on any atom is -0.332 e. The van der Waals surface area contributed by atoms with Gasteiger partial charge in [-0.25, -0.2) is 4.98 Å². The molecule has 0 fully saturated rings. The molecule has 10 heterocycles. The third kappa shape index (κ3) is 10.7. The first-order valence-corrected chi connectivity index (χ1v) is 45.7. The van der Waals surface area contributed by atoms with E-state index in [1.54, 1.807) is 0 Å². The van der Waals surface area contributed by atoms with Crippen molar-refractivity contribution in [1.29, 1.82) is 0 Å². The summed E-state index contributed by atoms with van der Waals surface area (Å²) < 4.78 is 16.8. The van der Waals surface area contributed by atoms with E-state index in [4.69, 9.17) is 29.9 Å². The quantitative estimate of drug-likeness (QED) is 0.120. The van der Waals surface area contributed by atoms with E-state index in [-0.39, 0.29) is 12.0 Å². The lowest BCUT2D eigenvalue weighted by Gasteiger charge is -2.31. The van der Waals surface area contributed by atoms with E-state index < -0.39 is 0 Å². The number of nitrogens with zero attached hydrogens (tertiary/aromatic N) is 14. The van der Waals surface area contributed by atoms with Gasteiger partial charge in [-0.05, 0) is 120 Å². The highest BCUT2D eigenvalue weighted by Crippen LogP contribution is 2.58. The van der Waals surface area contributed by atoms with Gasteiger partial charge in [-0.3, -0.25) is 13.7 Å². The molecule has 29 rings (SSSR count). The largest absolute Gasteiger partial charge is 0.332 e. The summed E-state index contributed by atoms with van der Waals surface area (Å²) in [4.78, 5) is 36.6. The molecule has 0 bridgehead atoms. The van der Waals surface area contributed by atoms with E-state index in [2.05, 4.69) is 437 Å². The summed E-state index contributed by atoms with van der Waals surface area (Å²) in [6.07, 6.45) is 7.05. The maximum atomic E-state index is 6.00. The third-order valence-corrected chi connectivity index (χ3v) is 28.1. The normalized spacial score (nSPS) is 14.0. The Labute approximate surface area is 765 Å². The lowest BCUT2D eigenvalue weighted by Crippen LogP contribution is -2.30. The van der Waals surface area contributed by atoms with Crippen molar-refractivity contribution >= 4 is 170 Å². The highest BCUT2D eigenvalue weighted by atomic mass is 15.3. The average Bonchev–Trinajstić information content (AvgIpc) is 1.55. The summed E-state index contributed by atoms with van der Waals surface area (Å²) in [5.74, 6) is 3.04. The summed E-state index contributed by atoms with van der Waals surface area (Å²) in [5, 5.41) is 15.6. The average molecular weight is 1710 g/mol. The van der Waals surface area contributed by atoms with Gasteiger partial charge in [-0.2, -0.15) is 24.9 Å². The van der Waals surface area contributed by atoms with Crippen molar-refractivity contribution in [3.05, 3.63) is 448 Å². The smallest absolute Gasteiger partial charge is 0.240 e. The van der Waals surface area contributed by atoms with E-state index in [9.17, 15) is 0 Å². The zero-order valence-corrected chi connectivity index (χ0v) is 72.0. The van der Waals surface area contributed by atoms with E-state index in [1.165, 1.54) is 11.1 Å². The molecule has 2 unspecified atom stereocenters. The van der Waals surface area contributed by atoms with Gasteiger partial charge in [0.15, 0.2) is 17.5 Å². The minimum absolute atomic E-state index is 0.157. The Morgan fingerprint density at radius 2 is 0.478 bits per heavy atom. The molecule has 0 saturated carbocycles. The van der Waals surface area contributed by atoms with Crippen LogP contribution in [0.15, 0.2) is 437 Å². The van der Waals surface area contributed by atoms with Crippen molar-refractivity contribution in [1.82, 2.24) is 61.9 Å². The summed E-state index contributed by atoms with van der Waals surface area (Å²) in [6.45, 7) is 0. The zero-order chi connectivity index (χ0) is 87.5. The van der Waals surface area contributed by atoms with Crippen molar-refractivity contribution in [2.75, 3.05) is 4.90 Å². The fourth-order valence-electron chi connectivity index (χ4n) is 22.7.